The molecule has 6 nitrogen and oxygen atoms in total. The monoisotopic (exact) mass is 519 g/mol. The number of hydrogen-bond acceptors (Lipinski definition) is 4. The molecule has 0 aromatic heterocycles. The van der Waals surface area contributed by atoms with Crippen molar-refractivity contribution >= 4 is 29.9 Å². The van der Waals surface area contributed by atoms with Gasteiger partial charge in [-0.25, -0.2) is 0 Å². The smallest absolute Gasteiger partial charge is 0.193 e. The summed E-state index contributed by atoms with van der Waals surface area (Å²) in [7, 11) is 1.73. The van der Waals surface area contributed by atoms with Crippen molar-refractivity contribution in [3.63, 3.8) is 0 Å². The van der Waals surface area contributed by atoms with Crippen molar-refractivity contribution in [1.29, 1.82) is 0 Å². The van der Waals surface area contributed by atoms with Crippen LogP contribution in [0.2, 0.25) is 0 Å². The number of benzene rings is 1. The number of aryl methyl sites for hydroxylation is 1. The quantitative estimate of drug-likeness (QED) is 0.208. The summed E-state index contributed by atoms with van der Waals surface area (Å²) in [5, 5.41) is 3.42. The topological polar surface area (TPSA) is 55.3 Å². The third kappa shape index (κ3) is 10.5. The third-order valence-corrected chi connectivity index (χ3v) is 4.78. The molecular formula is C22H38IN3O3. The van der Waals surface area contributed by atoms with Crippen molar-refractivity contribution in [3.8, 4) is 5.75 Å². The second-order valence-corrected chi connectivity index (χ2v) is 7.15. The maximum absolute atomic E-state index is 5.95. The third-order valence-electron chi connectivity index (χ3n) is 4.78. The highest BCUT2D eigenvalue weighted by Crippen LogP contribution is 2.14. The van der Waals surface area contributed by atoms with E-state index >= 15 is 0 Å². The number of methoxy groups -OCH3 is 1. The molecule has 0 aliphatic carbocycles. The van der Waals surface area contributed by atoms with Gasteiger partial charge in [0, 0.05) is 52.9 Å². The molecular weight excluding hydrogens is 481 g/mol. The Morgan fingerprint density at radius 3 is 2.48 bits per heavy atom. The maximum atomic E-state index is 5.95. The molecule has 0 atom stereocenters. The molecule has 1 N–H and O–H groups in total. The van der Waals surface area contributed by atoms with Gasteiger partial charge in [0.2, 0.25) is 0 Å². The molecule has 1 heterocycles. The Hall–Kier alpha value is -1.06. The molecule has 0 bridgehead atoms. The lowest BCUT2D eigenvalue weighted by atomic mass is 10.1. The highest BCUT2D eigenvalue weighted by Gasteiger charge is 2.21. The number of nitrogens with one attached hydrogen (secondary N) is 1. The summed E-state index contributed by atoms with van der Waals surface area (Å²) in [6, 6.07) is 8.18. The largest absolute Gasteiger partial charge is 0.494 e. The van der Waals surface area contributed by atoms with Gasteiger partial charge >= 0.3 is 0 Å². The van der Waals surface area contributed by atoms with Crippen LogP contribution in [-0.2, 0) is 9.47 Å². The summed E-state index contributed by atoms with van der Waals surface area (Å²) >= 11 is 0. The minimum atomic E-state index is 0. The van der Waals surface area contributed by atoms with E-state index in [2.05, 4.69) is 36.2 Å². The van der Waals surface area contributed by atoms with Crippen molar-refractivity contribution in [2.24, 2.45) is 4.99 Å². The van der Waals surface area contributed by atoms with E-state index in [1.807, 2.05) is 12.1 Å². The van der Waals surface area contributed by atoms with Crippen molar-refractivity contribution in [1.82, 2.24) is 10.2 Å². The predicted octanol–water partition coefficient (Wildman–Crippen LogP) is 3.86. The molecule has 0 radical (unpaired) electrons. The van der Waals surface area contributed by atoms with Gasteiger partial charge in [-0.15, -0.1) is 24.0 Å². The van der Waals surface area contributed by atoms with E-state index in [9.17, 15) is 0 Å². The van der Waals surface area contributed by atoms with Crippen LogP contribution in [0.4, 0.5) is 0 Å². The average molecular weight is 519 g/mol. The molecule has 1 aromatic rings. The Balaban J connectivity index is 0.00000420. The first kappa shape index (κ1) is 26.0. The van der Waals surface area contributed by atoms with E-state index in [1.54, 1.807) is 7.11 Å². The van der Waals surface area contributed by atoms with E-state index in [1.165, 1.54) is 5.56 Å². The van der Waals surface area contributed by atoms with Crippen molar-refractivity contribution in [2.75, 3.05) is 53.1 Å². The lowest BCUT2D eigenvalue weighted by Crippen LogP contribution is -2.47. The molecule has 0 unspecified atom stereocenters. The van der Waals surface area contributed by atoms with Gasteiger partial charge in [-0.1, -0.05) is 17.7 Å². The molecule has 1 aliphatic rings. The fraction of sp³-hybridized carbons (Fsp3) is 0.682. The van der Waals surface area contributed by atoms with Crippen molar-refractivity contribution in [3.05, 3.63) is 29.8 Å². The Morgan fingerprint density at radius 2 is 1.83 bits per heavy atom. The van der Waals surface area contributed by atoms with Gasteiger partial charge < -0.3 is 24.4 Å². The Kier molecular flexibility index (Phi) is 14.1. The zero-order chi connectivity index (χ0) is 20.0. The van der Waals surface area contributed by atoms with E-state index < -0.39 is 0 Å². The molecule has 0 spiro atoms. The fourth-order valence-electron chi connectivity index (χ4n) is 3.19. The first-order chi connectivity index (χ1) is 13.7. The van der Waals surface area contributed by atoms with E-state index in [4.69, 9.17) is 19.2 Å². The number of hydrogen-bond donors (Lipinski definition) is 1. The molecule has 1 aliphatic heterocycles. The van der Waals surface area contributed by atoms with Crippen LogP contribution in [0.25, 0.3) is 0 Å². The molecule has 166 valence electrons. The van der Waals surface area contributed by atoms with E-state index in [0.717, 1.165) is 76.8 Å². The minimum absolute atomic E-state index is 0. The van der Waals surface area contributed by atoms with E-state index in [0.29, 0.717) is 12.7 Å². The van der Waals surface area contributed by atoms with Crippen LogP contribution < -0.4 is 10.1 Å². The van der Waals surface area contributed by atoms with Crippen LogP contribution in [0.3, 0.4) is 0 Å². The molecule has 1 saturated heterocycles. The van der Waals surface area contributed by atoms with Crippen LogP contribution in [0.1, 0.15) is 38.2 Å². The highest BCUT2D eigenvalue weighted by molar-refractivity contribution is 14.0. The van der Waals surface area contributed by atoms with Gasteiger partial charge in [0.25, 0.3) is 0 Å². The van der Waals surface area contributed by atoms with Crippen LogP contribution in [0, 0.1) is 6.92 Å². The molecule has 0 amide bonds. The molecule has 29 heavy (non-hydrogen) atoms. The van der Waals surface area contributed by atoms with Gasteiger partial charge in [0.1, 0.15) is 5.75 Å². The normalized spacial score (nSPS) is 15.1. The minimum Gasteiger partial charge on any atom is -0.494 e. The Bertz CT molecular complexity index is 561. The van der Waals surface area contributed by atoms with Crippen molar-refractivity contribution < 1.29 is 14.2 Å². The van der Waals surface area contributed by atoms with Gasteiger partial charge in [-0.3, -0.25) is 4.99 Å². The standard InChI is InChI=1S/C22H37N3O3.HI/c1-4-23-22(24-13-5-17-27-20-9-7-19(2)8-10-20)25-14-11-21(12-15-25)28-18-6-16-26-3;/h7-10,21H,4-6,11-18H2,1-3H3,(H,23,24);1H. The fourth-order valence-corrected chi connectivity index (χ4v) is 3.19. The van der Waals surface area contributed by atoms with Gasteiger partial charge in [0.05, 0.1) is 12.7 Å². The number of ether oxygens (including phenoxy) is 3. The number of halogens is 1. The zero-order valence-corrected chi connectivity index (χ0v) is 20.5. The number of rotatable bonds is 11. The predicted molar refractivity (Wildman–Crippen MR) is 130 cm³/mol. The van der Waals surface area contributed by atoms with Crippen LogP contribution in [0.5, 0.6) is 5.75 Å². The summed E-state index contributed by atoms with van der Waals surface area (Å²) in [5.74, 6) is 1.93. The molecule has 7 heteroatoms. The number of likely N-dealkylation sites (tertiary alicyclic amines) is 1. The summed E-state index contributed by atoms with van der Waals surface area (Å²) < 4.78 is 16.8. The summed E-state index contributed by atoms with van der Waals surface area (Å²) in [4.78, 5) is 7.13. The van der Waals surface area contributed by atoms with E-state index in [-0.39, 0.29) is 24.0 Å². The molecule has 1 fully saturated rings. The maximum Gasteiger partial charge on any atom is 0.193 e. The van der Waals surface area contributed by atoms with Crippen LogP contribution in [0.15, 0.2) is 29.3 Å². The van der Waals surface area contributed by atoms with Gasteiger partial charge in [0.15, 0.2) is 5.96 Å². The summed E-state index contributed by atoms with van der Waals surface area (Å²) in [6.07, 6.45) is 4.33. The number of aliphatic imine (C=N–C) groups is 1. The number of piperidine rings is 1. The molecule has 2 rings (SSSR count). The number of nitrogens with zero attached hydrogens (tertiary/aromatic N) is 2. The van der Waals surface area contributed by atoms with Gasteiger partial charge in [-0.05, 0) is 45.2 Å². The van der Waals surface area contributed by atoms with Crippen LogP contribution in [-0.4, -0.2) is 70.1 Å². The Morgan fingerprint density at radius 1 is 1.10 bits per heavy atom. The average Bonchev–Trinajstić information content (AvgIpc) is 2.72. The Labute approximate surface area is 193 Å². The molecule has 1 aromatic carbocycles. The van der Waals surface area contributed by atoms with Gasteiger partial charge in [-0.2, -0.15) is 0 Å². The lowest BCUT2D eigenvalue weighted by Gasteiger charge is -2.34. The first-order valence-electron chi connectivity index (χ1n) is 10.6. The second-order valence-electron chi connectivity index (χ2n) is 7.15. The summed E-state index contributed by atoms with van der Waals surface area (Å²) in [5.41, 5.74) is 1.25. The SMILES string of the molecule is CCNC(=NCCCOc1ccc(C)cc1)N1CCC(OCCCOC)CC1.I. The van der Waals surface area contributed by atoms with Crippen LogP contribution >= 0.6 is 24.0 Å². The van der Waals surface area contributed by atoms with Crippen molar-refractivity contribution in [2.45, 2.75) is 45.6 Å². The zero-order valence-electron chi connectivity index (χ0n) is 18.2. The summed E-state index contributed by atoms with van der Waals surface area (Å²) in [6.45, 7) is 10.1. The first-order valence-corrected chi connectivity index (χ1v) is 10.6. The highest BCUT2D eigenvalue weighted by atomic mass is 127. The molecule has 0 saturated carbocycles. The second kappa shape index (κ2) is 15.7. The lowest BCUT2D eigenvalue weighted by molar-refractivity contribution is 0.00990. The number of guanidine groups is 1.